The number of thioether (sulfide) groups is 1. The van der Waals surface area contributed by atoms with E-state index >= 15 is 0 Å². The van der Waals surface area contributed by atoms with E-state index in [0.717, 1.165) is 10.2 Å². The van der Waals surface area contributed by atoms with Crippen LogP contribution in [-0.4, -0.2) is 34.1 Å². The summed E-state index contributed by atoms with van der Waals surface area (Å²) < 4.78 is 4.86. The number of ether oxygens (including phenoxy) is 1. The van der Waals surface area contributed by atoms with Crippen LogP contribution < -0.4 is 5.73 Å². The van der Waals surface area contributed by atoms with Gasteiger partial charge in [-0.3, -0.25) is 9.59 Å². The summed E-state index contributed by atoms with van der Waals surface area (Å²) in [5.41, 5.74) is 5.32. The van der Waals surface area contributed by atoms with Gasteiger partial charge in [-0.15, -0.1) is 11.3 Å². The number of allylic oxidation sites excluding steroid dienone is 1. The van der Waals surface area contributed by atoms with Gasteiger partial charge in [0.1, 0.15) is 27.8 Å². The van der Waals surface area contributed by atoms with Crippen LogP contribution >= 0.6 is 23.1 Å². The fourth-order valence-electron chi connectivity index (χ4n) is 1.64. The highest BCUT2D eigenvalue weighted by Crippen LogP contribution is 2.27. The smallest absolute Gasteiger partial charge is 0.316 e. The number of thiophene rings is 1. The van der Waals surface area contributed by atoms with Gasteiger partial charge < -0.3 is 10.5 Å². The van der Waals surface area contributed by atoms with Crippen LogP contribution in [0.2, 0.25) is 0 Å². The summed E-state index contributed by atoms with van der Waals surface area (Å²) in [7, 11) is 0. The number of Topliss-reactive ketones (excluding diaryl/α,β-unsaturated/α-hetero) is 1. The predicted octanol–water partition coefficient (Wildman–Crippen LogP) is 1.65. The molecular formula is C14H12N4O3S2. The van der Waals surface area contributed by atoms with Crippen LogP contribution in [0.5, 0.6) is 0 Å². The van der Waals surface area contributed by atoms with E-state index in [1.54, 1.807) is 6.07 Å². The lowest BCUT2D eigenvalue weighted by Crippen LogP contribution is -2.18. The van der Waals surface area contributed by atoms with Crippen molar-refractivity contribution in [2.24, 2.45) is 5.73 Å². The molecule has 0 unspecified atom stereocenters. The van der Waals surface area contributed by atoms with E-state index in [-0.39, 0.29) is 17.0 Å². The third kappa shape index (κ3) is 4.28. The molecule has 0 aliphatic rings. The zero-order chi connectivity index (χ0) is 16.8. The monoisotopic (exact) mass is 348 g/mol. The molecule has 2 aromatic heterocycles. The SMILES string of the molecule is C/C(N)=C(\C#N)C(=O)COC(=O)CSc1ncnc2sccc12. The maximum atomic E-state index is 11.7. The zero-order valence-electron chi connectivity index (χ0n) is 12.1. The highest BCUT2D eigenvalue weighted by Gasteiger charge is 2.15. The number of rotatable bonds is 6. The molecule has 0 radical (unpaired) electrons. The number of nitrogens with two attached hydrogens (primary N) is 1. The van der Waals surface area contributed by atoms with Crippen molar-refractivity contribution in [3.8, 4) is 6.07 Å². The van der Waals surface area contributed by atoms with Gasteiger partial charge in [-0.2, -0.15) is 5.26 Å². The van der Waals surface area contributed by atoms with E-state index in [9.17, 15) is 9.59 Å². The fraction of sp³-hybridized carbons (Fsp3) is 0.214. The Kier molecular flexibility index (Phi) is 5.67. The standard InChI is InChI=1S/C14H12N4O3S2/c1-8(16)10(4-15)11(19)5-21-12(20)6-23-14-9-2-3-22-13(9)17-7-18-14/h2-3,7H,5-6,16H2,1H3/b10-8-. The number of hydrogen-bond acceptors (Lipinski definition) is 9. The minimum atomic E-state index is -0.617. The summed E-state index contributed by atoms with van der Waals surface area (Å²) in [5, 5.41) is 12.2. The lowest BCUT2D eigenvalue weighted by molar-refractivity contribution is -0.144. The minimum Gasteiger partial charge on any atom is -0.457 e. The van der Waals surface area contributed by atoms with E-state index in [0.29, 0.717) is 5.03 Å². The number of nitriles is 1. The van der Waals surface area contributed by atoms with Gasteiger partial charge in [0.25, 0.3) is 0 Å². The van der Waals surface area contributed by atoms with Gasteiger partial charge in [-0.25, -0.2) is 9.97 Å². The number of ketones is 1. The van der Waals surface area contributed by atoms with Crippen molar-refractivity contribution in [3.63, 3.8) is 0 Å². The van der Waals surface area contributed by atoms with Gasteiger partial charge in [0.2, 0.25) is 5.78 Å². The average molecular weight is 348 g/mol. The van der Waals surface area contributed by atoms with Crippen molar-refractivity contribution in [1.82, 2.24) is 9.97 Å². The highest BCUT2D eigenvalue weighted by atomic mass is 32.2. The number of nitrogens with zero attached hydrogens (tertiary/aromatic N) is 3. The molecule has 0 aliphatic heterocycles. The molecule has 2 rings (SSSR count). The number of aromatic nitrogens is 2. The molecule has 0 spiro atoms. The lowest BCUT2D eigenvalue weighted by atomic mass is 10.1. The molecule has 0 amide bonds. The van der Waals surface area contributed by atoms with Crippen LogP contribution in [0.4, 0.5) is 0 Å². The minimum absolute atomic E-state index is 0.00243. The Bertz CT molecular complexity index is 819. The number of carbonyl (C=O) groups excluding carboxylic acids is 2. The van der Waals surface area contributed by atoms with Gasteiger partial charge in [0.05, 0.1) is 5.75 Å². The van der Waals surface area contributed by atoms with Crippen molar-refractivity contribution in [2.75, 3.05) is 12.4 Å². The van der Waals surface area contributed by atoms with E-state index in [4.69, 9.17) is 15.7 Å². The largest absolute Gasteiger partial charge is 0.457 e. The van der Waals surface area contributed by atoms with Gasteiger partial charge in [-0.1, -0.05) is 11.8 Å². The Balaban J connectivity index is 1.89. The van der Waals surface area contributed by atoms with Crippen LogP contribution in [0.1, 0.15) is 6.92 Å². The Morgan fingerprint density at radius 1 is 1.48 bits per heavy atom. The fourth-order valence-corrected chi connectivity index (χ4v) is 3.22. The van der Waals surface area contributed by atoms with Crippen molar-refractivity contribution in [3.05, 3.63) is 29.0 Å². The summed E-state index contributed by atoms with van der Waals surface area (Å²) in [6, 6.07) is 3.57. The first-order valence-electron chi connectivity index (χ1n) is 6.39. The molecule has 0 aliphatic carbocycles. The Hall–Kier alpha value is -2.44. The molecule has 0 aromatic carbocycles. The summed E-state index contributed by atoms with van der Waals surface area (Å²) in [6.45, 7) is 0.934. The molecule has 0 saturated heterocycles. The molecule has 2 heterocycles. The highest BCUT2D eigenvalue weighted by molar-refractivity contribution is 8.00. The quantitative estimate of drug-likeness (QED) is 0.275. The van der Waals surface area contributed by atoms with Crippen molar-refractivity contribution < 1.29 is 14.3 Å². The Morgan fingerprint density at radius 2 is 2.26 bits per heavy atom. The summed E-state index contributed by atoms with van der Waals surface area (Å²) in [6.07, 6.45) is 1.43. The average Bonchev–Trinajstić information content (AvgIpc) is 3.00. The molecule has 0 fully saturated rings. The molecule has 2 aromatic rings. The second-order valence-corrected chi connectivity index (χ2v) is 6.22. The predicted molar refractivity (Wildman–Crippen MR) is 86.6 cm³/mol. The maximum Gasteiger partial charge on any atom is 0.316 e. The lowest BCUT2D eigenvalue weighted by Gasteiger charge is -2.04. The molecule has 7 nitrogen and oxygen atoms in total. The van der Waals surface area contributed by atoms with E-state index in [1.165, 1.54) is 36.3 Å². The molecular weight excluding hydrogens is 336 g/mol. The number of esters is 1. The maximum absolute atomic E-state index is 11.7. The van der Waals surface area contributed by atoms with Gasteiger partial charge >= 0.3 is 5.97 Å². The van der Waals surface area contributed by atoms with Gasteiger partial charge in [0, 0.05) is 11.1 Å². The van der Waals surface area contributed by atoms with Crippen LogP contribution in [-0.2, 0) is 14.3 Å². The van der Waals surface area contributed by atoms with E-state index in [1.807, 2.05) is 11.4 Å². The zero-order valence-corrected chi connectivity index (χ0v) is 13.7. The molecule has 0 atom stereocenters. The molecule has 118 valence electrons. The van der Waals surface area contributed by atoms with Gasteiger partial charge in [-0.05, 0) is 18.4 Å². The molecule has 2 N–H and O–H groups in total. The Labute approximate surface area is 140 Å². The molecule has 0 saturated carbocycles. The van der Waals surface area contributed by atoms with E-state index in [2.05, 4.69) is 9.97 Å². The summed E-state index contributed by atoms with van der Waals surface area (Å²) in [5.74, 6) is -1.19. The van der Waals surface area contributed by atoms with Crippen LogP contribution in [0.25, 0.3) is 10.2 Å². The number of fused-ring (bicyclic) bond motifs is 1. The third-order valence-electron chi connectivity index (χ3n) is 2.70. The summed E-state index contributed by atoms with van der Waals surface area (Å²) >= 11 is 2.69. The van der Waals surface area contributed by atoms with Gasteiger partial charge in [0.15, 0.2) is 6.61 Å². The number of hydrogen-bond donors (Lipinski definition) is 1. The van der Waals surface area contributed by atoms with Crippen molar-refractivity contribution in [2.45, 2.75) is 11.9 Å². The topological polar surface area (TPSA) is 119 Å². The molecule has 23 heavy (non-hydrogen) atoms. The first-order valence-corrected chi connectivity index (χ1v) is 8.25. The third-order valence-corrected chi connectivity index (χ3v) is 4.50. The summed E-state index contributed by atoms with van der Waals surface area (Å²) in [4.78, 5) is 32.5. The van der Waals surface area contributed by atoms with E-state index < -0.39 is 18.4 Å². The van der Waals surface area contributed by atoms with Crippen molar-refractivity contribution in [1.29, 1.82) is 5.26 Å². The second-order valence-electron chi connectivity index (χ2n) is 4.36. The molecule has 9 heteroatoms. The Morgan fingerprint density at radius 3 is 2.96 bits per heavy atom. The van der Waals surface area contributed by atoms with Crippen molar-refractivity contribution >= 4 is 45.1 Å². The first-order chi connectivity index (χ1) is 11.0. The first kappa shape index (κ1) is 16.9. The molecule has 0 bridgehead atoms. The van der Waals surface area contributed by atoms with Crippen LogP contribution in [0, 0.1) is 11.3 Å². The van der Waals surface area contributed by atoms with Crippen LogP contribution in [0.3, 0.4) is 0 Å². The second kappa shape index (κ2) is 7.71. The van der Waals surface area contributed by atoms with Crippen LogP contribution in [0.15, 0.2) is 34.1 Å². The number of carbonyl (C=O) groups is 2. The normalized spacial score (nSPS) is 11.7.